The van der Waals surface area contributed by atoms with Crippen molar-refractivity contribution in [3.63, 3.8) is 0 Å². The van der Waals surface area contributed by atoms with Gasteiger partial charge in [0.15, 0.2) is 0 Å². The first-order chi connectivity index (χ1) is 6.32. The number of benzene rings is 1. The summed E-state index contributed by atoms with van der Waals surface area (Å²) in [6.07, 6.45) is 0. The van der Waals surface area contributed by atoms with Crippen LogP contribution < -0.4 is 0 Å². The molecule has 1 aromatic rings. The minimum Gasteiger partial charge on any atom is -0.282 e. The van der Waals surface area contributed by atoms with E-state index in [1.807, 2.05) is 13.8 Å². The summed E-state index contributed by atoms with van der Waals surface area (Å²) < 4.78 is 30.7. The van der Waals surface area contributed by atoms with Crippen LogP contribution in [0.3, 0.4) is 0 Å². The number of hydrogen-bond acceptors (Lipinski definition) is 2. The highest BCUT2D eigenvalue weighted by Crippen LogP contribution is 2.24. The minimum atomic E-state index is -4.19. The zero-order valence-electron chi connectivity index (χ0n) is 7.89. The topological polar surface area (TPSA) is 54.4 Å². The Morgan fingerprint density at radius 2 is 1.93 bits per heavy atom. The molecule has 0 saturated carbocycles. The van der Waals surface area contributed by atoms with E-state index in [9.17, 15) is 8.42 Å². The van der Waals surface area contributed by atoms with Crippen molar-refractivity contribution in [1.82, 2.24) is 0 Å². The van der Waals surface area contributed by atoms with E-state index in [4.69, 9.17) is 17.2 Å². The quantitative estimate of drug-likeness (QED) is 0.796. The molecule has 0 amide bonds. The Balaban J connectivity index is 3.37. The van der Waals surface area contributed by atoms with Crippen LogP contribution in [0.15, 0.2) is 28.0 Å². The molecule has 77 valence electrons. The first-order valence-electron chi connectivity index (χ1n) is 4.11. The largest absolute Gasteiger partial charge is 0.295 e. The van der Waals surface area contributed by atoms with Gasteiger partial charge in [-0.15, -0.1) is 0 Å². The van der Waals surface area contributed by atoms with Gasteiger partial charge in [-0.1, -0.05) is 32.5 Å². The Labute approximate surface area is 89.3 Å². The lowest BCUT2D eigenvalue weighted by atomic mass is 10.0. The van der Waals surface area contributed by atoms with Crippen LogP contribution in [-0.4, -0.2) is 13.0 Å². The predicted molar refractivity (Wildman–Crippen MR) is 56.2 cm³/mol. The molecule has 5 heteroatoms. The van der Waals surface area contributed by atoms with Crippen molar-refractivity contribution in [1.29, 1.82) is 0 Å². The van der Waals surface area contributed by atoms with E-state index in [2.05, 4.69) is 0 Å². The summed E-state index contributed by atoms with van der Waals surface area (Å²) in [5.41, 5.74) is 0.839. The van der Waals surface area contributed by atoms with Crippen LogP contribution in [0.2, 0.25) is 0 Å². The van der Waals surface area contributed by atoms with Gasteiger partial charge in [0.1, 0.15) is 4.90 Å². The zero-order chi connectivity index (χ0) is 10.9. The van der Waals surface area contributed by atoms with Crippen LogP contribution in [0.25, 0.3) is 0 Å². The molecule has 0 atom stereocenters. The second kappa shape index (κ2) is 3.84. The van der Waals surface area contributed by atoms with Crippen molar-refractivity contribution in [2.75, 3.05) is 0 Å². The molecule has 1 rings (SSSR count). The normalized spacial score (nSPS) is 12.0. The van der Waals surface area contributed by atoms with Crippen LogP contribution in [0.5, 0.6) is 0 Å². The third kappa shape index (κ3) is 2.43. The van der Waals surface area contributed by atoms with Crippen molar-refractivity contribution < 1.29 is 13.0 Å². The molecule has 14 heavy (non-hydrogen) atoms. The van der Waals surface area contributed by atoms with Gasteiger partial charge in [0, 0.05) is 0 Å². The summed E-state index contributed by atoms with van der Waals surface area (Å²) in [6.45, 7) is 3.87. The number of hydrogen-bond donors (Lipinski definition) is 1. The second-order valence-corrected chi connectivity index (χ2v) is 5.17. The summed E-state index contributed by atoms with van der Waals surface area (Å²) in [6, 6.07) is 4.71. The van der Waals surface area contributed by atoms with Crippen LogP contribution in [0.1, 0.15) is 25.3 Å². The SMILES string of the molecule is CC(C)c1ccc([S])c(S(=O)(=O)O)c1. The standard InChI is InChI=1S/C9H11O3S2/c1-6(2)7-3-4-8(13)9(5-7)14(10,11)12/h3-6H,1-2H3,(H,10,11,12). The lowest BCUT2D eigenvalue weighted by molar-refractivity contribution is 0.481. The number of rotatable bonds is 2. The lowest BCUT2D eigenvalue weighted by Gasteiger charge is -2.07. The van der Waals surface area contributed by atoms with E-state index in [1.54, 1.807) is 6.07 Å². The Hall–Kier alpha value is -0.650. The van der Waals surface area contributed by atoms with Crippen LogP contribution in [0.4, 0.5) is 0 Å². The molecular weight excluding hydrogens is 220 g/mol. The first kappa shape index (κ1) is 11.4. The molecule has 0 unspecified atom stereocenters. The van der Waals surface area contributed by atoms with Crippen LogP contribution >= 0.6 is 12.6 Å². The van der Waals surface area contributed by atoms with Gasteiger partial charge in [-0.25, -0.2) is 0 Å². The maximum Gasteiger partial charge on any atom is 0.295 e. The van der Waals surface area contributed by atoms with Gasteiger partial charge in [0.05, 0.1) is 4.90 Å². The van der Waals surface area contributed by atoms with Gasteiger partial charge in [0.25, 0.3) is 10.1 Å². The molecule has 1 N–H and O–H groups in total. The Bertz CT molecular complexity index is 435. The molecule has 3 nitrogen and oxygen atoms in total. The maximum atomic E-state index is 10.9. The zero-order valence-corrected chi connectivity index (χ0v) is 9.52. The molecule has 0 aliphatic carbocycles. The molecule has 0 aliphatic rings. The lowest BCUT2D eigenvalue weighted by Crippen LogP contribution is -2.01. The smallest absolute Gasteiger partial charge is 0.282 e. The minimum absolute atomic E-state index is 0.150. The summed E-state index contributed by atoms with van der Waals surface area (Å²) in [5, 5.41) is 0. The average molecular weight is 231 g/mol. The average Bonchev–Trinajstić information content (AvgIpc) is 2.02. The van der Waals surface area contributed by atoms with Crippen molar-refractivity contribution in [2.45, 2.75) is 29.6 Å². The van der Waals surface area contributed by atoms with E-state index < -0.39 is 10.1 Å². The van der Waals surface area contributed by atoms with Gasteiger partial charge in [0.2, 0.25) is 0 Å². The van der Waals surface area contributed by atoms with Crippen molar-refractivity contribution >= 4 is 22.7 Å². The van der Waals surface area contributed by atoms with E-state index >= 15 is 0 Å². The highest BCUT2D eigenvalue weighted by atomic mass is 32.2. The van der Waals surface area contributed by atoms with Crippen molar-refractivity contribution in [2.24, 2.45) is 0 Å². The summed E-state index contributed by atoms with van der Waals surface area (Å²) in [7, 11) is -4.19. The maximum absolute atomic E-state index is 10.9. The fourth-order valence-corrected chi connectivity index (χ4v) is 2.14. The molecule has 0 fully saturated rings. The van der Waals surface area contributed by atoms with Gasteiger partial charge in [-0.2, -0.15) is 8.42 Å². The fraction of sp³-hybridized carbons (Fsp3) is 0.333. The monoisotopic (exact) mass is 231 g/mol. The van der Waals surface area contributed by atoms with E-state index in [0.29, 0.717) is 0 Å². The Morgan fingerprint density at radius 1 is 1.36 bits per heavy atom. The third-order valence-corrected chi connectivity index (χ3v) is 3.29. The summed E-state index contributed by atoms with van der Waals surface area (Å²) >= 11 is 4.81. The molecule has 0 heterocycles. The molecule has 0 aromatic heterocycles. The molecule has 1 radical (unpaired) electrons. The predicted octanol–water partition coefficient (Wildman–Crippen LogP) is 2.61. The summed E-state index contributed by atoms with van der Waals surface area (Å²) in [4.78, 5) is -0.0319. The van der Waals surface area contributed by atoms with Gasteiger partial charge < -0.3 is 0 Å². The first-order valence-corrected chi connectivity index (χ1v) is 5.95. The highest BCUT2D eigenvalue weighted by molar-refractivity contribution is 7.87. The van der Waals surface area contributed by atoms with E-state index in [-0.39, 0.29) is 15.7 Å². The highest BCUT2D eigenvalue weighted by Gasteiger charge is 2.15. The van der Waals surface area contributed by atoms with Gasteiger partial charge >= 0.3 is 0 Å². The van der Waals surface area contributed by atoms with Crippen molar-refractivity contribution in [3.05, 3.63) is 23.8 Å². The molecule has 0 aliphatic heterocycles. The van der Waals surface area contributed by atoms with Crippen molar-refractivity contribution in [3.8, 4) is 0 Å². The Kier molecular flexibility index (Phi) is 3.14. The Morgan fingerprint density at radius 3 is 2.36 bits per heavy atom. The van der Waals surface area contributed by atoms with Gasteiger partial charge in [-0.05, 0) is 23.6 Å². The molecule has 0 bridgehead atoms. The molecule has 1 aromatic carbocycles. The van der Waals surface area contributed by atoms with Gasteiger partial charge in [-0.3, -0.25) is 4.55 Å². The van der Waals surface area contributed by atoms with Crippen LogP contribution in [-0.2, 0) is 10.1 Å². The molecule has 0 spiro atoms. The molecular formula is C9H11O3S2. The summed E-state index contributed by atoms with van der Waals surface area (Å²) in [5.74, 6) is 0.200. The third-order valence-electron chi connectivity index (χ3n) is 1.91. The molecule has 0 saturated heterocycles. The fourth-order valence-electron chi connectivity index (χ4n) is 1.09. The van der Waals surface area contributed by atoms with Crippen LogP contribution in [0, 0.1) is 0 Å². The van der Waals surface area contributed by atoms with E-state index in [1.165, 1.54) is 12.1 Å². The van der Waals surface area contributed by atoms with E-state index in [0.717, 1.165) is 5.56 Å². The second-order valence-electron chi connectivity index (χ2n) is 3.34.